The van der Waals surface area contributed by atoms with Gasteiger partial charge in [-0.2, -0.15) is 0 Å². The second kappa shape index (κ2) is 11.6. The van der Waals surface area contributed by atoms with Crippen molar-refractivity contribution in [2.24, 2.45) is 0 Å². The summed E-state index contributed by atoms with van der Waals surface area (Å²) in [5.74, 6) is -4.05. The summed E-state index contributed by atoms with van der Waals surface area (Å²) >= 11 is 2.01. The first-order chi connectivity index (χ1) is 18.8. The molecule has 1 saturated heterocycles. The number of thioether (sulfide) groups is 1. The van der Waals surface area contributed by atoms with E-state index in [2.05, 4.69) is 5.32 Å². The number of nitrogens with one attached hydrogen (secondary N) is 1. The fourth-order valence-electron chi connectivity index (χ4n) is 3.62. The van der Waals surface area contributed by atoms with E-state index in [1.165, 1.54) is 41.7 Å². The van der Waals surface area contributed by atoms with E-state index in [-0.39, 0.29) is 34.9 Å². The highest BCUT2D eigenvalue weighted by atomic mass is 32.2. The number of hydrogen-bond donors (Lipinski definition) is 2. The van der Waals surface area contributed by atoms with E-state index >= 15 is 0 Å². The summed E-state index contributed by atoms with van der Waals surface area (Å²) < 4.78 is 32.1. The van der Waals surface area contributed by atoms with Gasteiger partial charge in [-0.1, -0.05) is 6.07 Å². The van der Waals surface area contributed by atoms with E-state index in [1.807, 2.05) is 0 Å². The van der Waals surface area contributed by atoms with Crippen molar-refractivity contribution < 1.29 is 37.8 Å². The molecule has 0 atom stereocenters. The molecule has 1 aliphatic rings. The van der Waals surface area contributed by atoms with E-state index in [4.69, 9.17) is 4.74 Å². The summed E-state index contributed by atoms with van der Waals surface area (Å²) in [4.78, 5) is 51.9. The summed E-state index contributed by atoms with van der Waals surface area (Å²) in [7, 11) is 0. The van der Waals surface area contributed by atoms with Crippen molar-refractivity contribution in [2.75, 3.05) is 11.9 Å². The topological polar surface area (TPSA) is 113 Å². The van der Waals surface area contributed by atoms with Gasteiger partial charge in [0, 0.05) is 23.5 Å². The number of esters is 1. The van der Waals surface area contributed by atoms with Crippen molar-refractivity contribution in [1.29, 1.82) is 0 Å². The summed E-state index contributed by atoms with van der Waals surface area (Å²) in [6.07, 6.45) is 1.33. The maximum atomic E-state index is 13.6. The smallest absolute Gasteiger partial charge is 0.342 e. The van der Waals surface area contributed by atoms with Crippen LogP contribution < -0.4 is 5.32 Å². The van der Waals surface area contributed by atoms with Crippen LogP contribution in [0.2, 0.25) is 0 Å². The van der Waals surface area contributed by atoms with Crippen LogP contribution in [0.25, 0.3) is 17.2 Å². The molecule has 12 heteroatoms. The molecule has 3 amide bonds. The maximum Gasteiger partial charge on any atom is 0.342 e. The van der Waals surface area contributed by atoms with Gasteiger partial charge in [0.15, 0.2) is 11.6 Å². The van der Waals surface area contributed by atoms with Gasteiger partial charge >= 0.3 is 5.97 Å². The van der Waals surface area contributed by atoms with Crippen molar-refractivity contribution >= 4 is 57.9 Å². The summed E-state index contributed by atoms with van der Waals surface area (Å²) in [6.45, 7) is 4.87. The Morgan fingerprint density at radius 1 is 1.05 bits per heavy atom. The highest BCUT2D eigenvalue weighted by Gasteiger charge is 2.35. The fourth-order valence-corrected chi connectivity index (χ4v) is 5.40. The number of ether oxygens (including phenoxy) is 1. The molecule has 1 fully saturated rings. The molecule has 208 valence electrons. The Morgan fingerprint density at radius 3 is 2.50 bits per heavy atom. The van der Waals surface area contributed by atoms with Crippen molar-refractivity contribution in [2.45, 2.75) is 32.8 Å². The second-order valence-corrected chi connectivity index (χ2v) is 11.7. The molecule has 8 nitrogen and oxygen atoms in total. The van der Waals surface area contributed by atoms with Crippen LogP contribution in [0.15, 0.2) is 52.7 Å². The number of phenolic OH excluding ortho intramolecular Hbond substituents is 1. The molecule has 0 radical (unpaired) electrons. The first kappa shape index (κ1) is 29.0. The number of thiophene rings is 1. The Labute approximate surface area is 236 Å². The van der Waals surface area contributed by atoms with Gasteiger partial charge in [-0.05, 0) is 91.5 Å². The summed E-state index contributed by atoms with van der Waals surface area (Å²) in [6, 6.07) is 9.18. The normalized spacial score (nSPS) is 14.6. The molecule has 2 N–H and O–H groups in total. The monoisotopic (exact) mass is 586 g/mol. The van der Waals surface area contributed by atoms with Gasteiger partial charge in [-0.15, -0.1) is 11.3 Å². The Morgan fingerprint density at radius 2 is 1.80 bits per heavy atom. The lowest BCUT2D eigenvalue weighted by atomic mass is 10.1. The van der Waals surface area contributed by atoms with Crippen molar-refractivity contribution in [3.05, 3.63) is 74.8 Å². The standard InChI is InChI=1S/C28H24F2N2O6S2/c1-28(2,3)38-26(36)19-12-17(5-7-22(19)33)31-24(34)8-9-32-25(35)23(40-27(32)37)13-18-10-16(14-39-18)15-4-6-20(29)21(30)11-15/h4-7,10-14,33H,8-9H2,1-3H3,(H,31,34). The number of rotatable bonds is 7. The molecule has 1 aromatic heterocycles. The first-order valence-corrected chi connectivity index (χ1v) is 13.7. The molecule has 3 aromatic rings. The molecule has 40 heavy (non-hydrogen) atoms. The van der Waals surface area contributed by atoms with Crippen LogP contribution in [0.1, 0.15) is 42.4 Å². The van der Waals surface area contributed by atoms with Gasteiger partial charge in [0.1, 0.15) is 16.9 Å². The molecule has 0 aliphatic carbocycles. The molecule has 1 aliphatic heterocycles. The van der Waals surface area contributed by atoms with Crippen LogP contribution >= 0.6 is 23.1 Å². The van der Waals surface area contributed by atoms with Crippen LogP contribution in [0, 0.1) is 11.6 Å². The first-order valence-electron chi connectivity index (χ1n) is 12.0. The van der Waals surface area contributed by atoms with Crippen molar-refractivity contribution in [1.82, 2.24) is 4.90 Å². The molecule has 0 saturated carbocycles. The van der Waals surface area contributed by atoms with Gasteiger partial charge in [0.2, 0.25) is 5.91 Å². The maximum absolute atomic E-state index is 13.6. The number of nitrogens with zero attached hydrogens (tertiary/aromatic N) is 1. The predicted octanol–water partition coefficient (Wildman–Crippen LogP) is 6.42. The van der Waals surface area contributed by atoms with E-state index in [0.717, 1.165) is 28.8 Å². The number of phenols is 1. The van der Waals surface area contributed by atoms with Gasteiger partial charge in [0.25, 0.3) is 11.1 Å². The van der Waals surface area contributed by atoms with Gasteiger partial charge in [-0.25, -0.2) is 13.6 Å². The van der Waals surface area contributed by atoms with Gasteiger partial charge in [0.05, 0.1) is 4.91 Å². The van der Waals surface area contributed by atoms with Crippen molar-refractivity contribution in [3.63, 3.8) is 0 Å². The average Bonchev–Trinajstić information content (AvgIpc) is 3.43. The van der Waals surface area contributed by atoms with Gasteiger partial charge in [-0.3, -0.25) is 19.3 Å². The lowest BCUT2D eigenvalue weighted by Gasteiger charge is -2.20. The van der Waals surface area contributed by atoms with Crippen LogP contribution in [0.3, 0.4) is 0 Å². The summed E-state index contributed by atoms with van der Waals surface area (Å²) in [5, 5.41) is 13.8. The molecule has 2 heterocycles. The molecular formula is C28H24F2N2O6S2. The third-order valence-electron chi connectivity index (χ3n) is 5.48. The number of imide groups is 1. The molecule has 4 rings (SSSR count). The molecular weight excluding hydrogens is 562 g/mol. The number of amides is 3. The molecule has 0 unspecified atom stereocenters. The number of anilines is 1. The molecule has 0 bridgehead atoms. The lowest BCUT2D eigenvalue weighted by molar-refractivity contribution is -0.123. The zero-order valence-electron chi connectivity index (χ0n) is 21.6. The Hall–Kier alpha value is -4.03. The van der Waals surface area contributed by atoms with E-state index in [1.54, 1.807) is 32.2 Å². The zero-order chi connectivity index (χ0) is 29.2. The highest BCUT2D eigenvalue weighted by molar-refractivity contribution is 8.18. The number of aromatic hydroxyl groups is 1. The molecule has 2 aromatic carbocycles. The third-order valence-corrected chi connectivity index (χ3v) is 7.27. The van der Waals surface area contributed by atoms with Crippen LogP contribution in [-0.4, -0.2) is 45.2 Å². The minimum absolute atomic E-state index is 0.120. The van der Waals surface area contributed by atoms with Gasteiger partial charge < -0.3 is 15.2 Å². The number of halogens is 2. The molecule has 0 spiro atoms. The minimum Gasteiger partial charge on any atom is -0.507 e. The third kappa shape index (κ3) is 6.93. The summed E-state index contributed by atoms with van der Waals surface area (Å²) in [5.41, 5.74) is 0.435. The minimum atomic E-state index is -0.968. The second-order valence-electron chi connectivity index (χ2n) is 9.73. The predicted molar refractivity (Wildman–Crippen MR) is 149 cm³/mol. The van der Waals surface area contributed by atoms with Crippen LogP contribution in [0.5, 0.6) is 5.75 Å². The number of hydrogen-bond acceptors (Lipinski definition) is 8. The van der Waals surface area contributed by atoms with Crippen LogP contribution in [0.4, 0.5) is 19.3 Å². The van der Waals surface area contributed by atoms with E-state index in [9.17, 15) is 33.1 Å². The Kier molecular flexibility index (Phi) is 8.40. The van der Waals surface area contributed by atoms with E-state index < -0.39 is 40.3 Å². The number of benzene rings is 2. The quantitative estimate of drug-likeness (QED) is 0.187. The Balaban J connectivity index is 1.37. The SMILES string of the molecule is CC(C)(C)OC(=O)c1cc(NC(=O)CCN2C(=O)SC(=Cc3cc(-c4ccc(F)c(F)c4)cs3)C2=O)ccc1O. The van der Waals surface area contributed by atoms with E-state index in [0.29, 0.717) is 16.0 Å². The lowest BCUT2D eigenvalue weighted by Crippen LogP contribution is -2.31. The number of carbonyl (C=O) groups is 4. The number of carbonyl (C=O) groups excluding carboxylic acids is 4. The average molecular weight is 587 g/mol. The Bertz CT molecular complexity index is 1540. The zero-order valence-corrected chi connectivity index (χ0v) is 23.3. The highest BCUT2D eigenvalue weighted by Crippen LogP contribution is 2.35. The van der Waals surface area contributed by atoms with Crippen molar-refractivity contribution in [3.8, 4) is 16.9 Å². The fraction of sp³-hybridized carbons (Fsp3) is 0.214. The largest absolute Gasteiger partial charge is 0.507 e. The van der Waals surface area contributed by atoms with Crippen LogP contribution in [-0.2, 0) is 14.3 Å².